The second kappa shape index (κ2) is 7.13. The molecule has 0 aliphatic heterocycles. The number of hydrogen-bond acceptors (Lipinski definition) is 3. The minimum absolute atomic E-state index is 0.338. The fraction of sp³-hybridized carbons (Fsp3) is 0.733. The number of aromatic nitrogens is 2. The van der Waals surface area contributed by atoms with E-state index < -0.39 is 0 Å². The molecule has 1 aliphatic carbocycles. The summed E-state index contributed by atoms with van der Waals surface area (Å²) in [7, 11) is 0. The van der Waals surface area contributed by atoms with Crippen LogP contribution in [0.2, 0.25) is 0 Å². The summed E-state index contributed by atoms with van der Waals surface area (Å²) in [4.78, 5) is 12.1. The van der Waals surface area contributed by atoms with E-state index in [1.54, 1.807) is 0 Å². The van der Waals surface area contributed by atoms with Gasteiger partial charge in [0.05, 0.1) is 11.4 Å². The van der Waals surface area contributed by atoms with Gasteiger partial charge in [0.15, 0.2) is 0 Å². The van der Waals surface area contributed by atoms with Crippen molar-refractivity contribution in [1.29, 1.82) is 0 Å². The van der Waals surface area contributed by atoms with Crippen molar-refractivity contribution in [3.63, 3.8) is 0 Å². The number of aryl methyl sites for hydroxylation is 2. The van der Waals surface area contributed by atoms with Gasteiger partial charge in [-0.3, -0.25) is 9.48 Å². The molecule has 0 atom stereocenters. The molecule has 19 heavy (non-hydrogen) atoms. The monoisotopic (exact) mass is 280 g/mol. The lowest BCUT2D eigenvalue weighted by Crippen LogP contribution is -2.15. The van der Waals surface area contributed by atoms with E-state index >= 15 is 0 Å². The molecule has 1 fully saturated rings. The van der Waals surface area contributed by atoms with Crippen LogP contribution in [0.1, 0.15) is 50.4 Å². The Balaban J connectivity index is 1.80. The molecular weight excluding hydrogens is 256 g/mol. The lowest BCUT2D eigenvalue weighted by atomic mass is 10.0. The molecule has 1 aromatic heterocycles. The first-order chi connectivity index (χ1) is 9.19. The first-order valence-corrected chi connectivity index (χ1v) is 8.40. The van der Waals surface area contributed by atoms with Crippen molar-refractivity contribution < 1.29 is 4.79 Å². The Morgan fingerprint density at radius 2 is 2.16 bits per heavy atom. The molecule has 0 spiro atoms. The summed E-state index contributed by atoms with van der Waals surface area (Å²) in [6.45, 7) is 4.89. The lowest BCUT2D eigenvalue weighted by molar-refractivity contribution is -0.116. The molecule has 1 aliphatic rings. The molecular formula is C15H24N2OS. The van der Waals surface area contributed by atoms with Gasteiger partial charge in [0.25, 0.3) is 0 Å². The third kappa shape index (κ3) is 4.37. The molecule has 4 heteroatoms. The molecule has 2 rings (SSSR count). The van der Waals surface area contributed by atoms with E-state index in [0.717, 1.165) is 23.2 Å². The Morgan fingerprint density at radius 1 is 1.42 bits per heavy atom. The molecule has 0 N–H and O–H groups in total. The predicted molar refractivity (Wildman–Crippen MR) is 80.7 cm³/mol. The van der Waals surface area contributed by atoms with E-state index in [-0.39, 0.29) is 0 Å². The van der Waals surface area contributed by atoms with Gasteiger partial charge >= 0.3 is 0 Å². The molecule has 0 bridgehead atoms. The normalized spacial score (nSPS) is 16.7. The van der Waals surface area contributed by atoms with Gasteiger partial charge in [-0.05, 0) is 32.8 Å². The van der Waals surface area contributed by atoms with Crippen LogP contribution in [0.4, 0.5) is 0 Å². The largest absolute Gasteiger partial charge is 0.298 e. The fourth-order valence-electron chi connectivity index (χ4n) is 2.71. The molecule has 1 heterocycles. The van der Waals surface area contributed by atoms with Crippen molar-refractivity contribution in [1.82, 2.24) is 9.78 Å². The van der Waals surface area contributed by atoms with E-state index in [1.807, 2.05) is 29.4 Å². The summed E-state index contributed by atoms with van der Waals surface area (Å²) in [5, 5.41) is 5.11. The molecule has 3 nitrogen and oxygen atoms in total. The summed E-state index contributed by atoms with van der Waals surface area (Å²) in [5.41, 5.74) is 2.07. The summed E-state index contributed by atoms with van der Waals surface area (Å²) >= 11 is 1.87. The molecule has 0 amide bonds. The number of carbonyl (C=O) groups is 1. The average Bonchev–Trinajstić information content (AvgIpc) is 2.77. The molecule has 0 radical (unpaired) electrons. The zero-order valence-corrected chi connectivity index (χ0v) is 12.8. The maximum absolute atomic E-state index is 12.1. The van der Waals surface area contributed by atoms with Crippen LogP contribution in [0, 0.1) is 6.92 Å². The van der Waals surface area contributed by atoms with Crippen molar-refractivity contribution in [3.8, 4) is 0 Å². The van der Waals surface area contributed by atoms with E-state index in [4.69, 9.17) is 0 Å². The first kappa shape index (κ1) is 14.6. The van der Waals surface area contributed by atoms with Crippen molar-refractivity contribution in [2.45, 2.75) is 64.2 Å². The topological polar surface area (TPSA) is 34.9 Å². The average molecular weight is 280 g/mol. The van der Waals surface area contributed by atoms with Gasteiger partial charge in [-0.25, -0.2) is 0 Å². The molecule has 0 saturated heterocycles. The first-order valence-electron chi connectivity index (χ1n) is 7.35. The highest BCUT2D eigenvalue weighted by atomic mass is 32.2. The minimum atomic E-state index is 0.338. The number of rotatable bonds is 6. The lowest BCUT2D eigenvalue weighted by Gasteiger charge is -2.20. The highest BCUT2D eigenvalue weighted by Crippen LogP contribution is 2.28. The van der Waals surface area contributed by atoms with Gasteiger partial charge in [-0.15, -0.1) is 0 Å². The van der Waals surface area contributed by atoms with Crippen LogP contribution in [0.25, 0.3) is 0 Å². The molecule has 1 saturated carbocycles. The van der Waals surface area contributed by atoms with Gasteiger partial charge < -0.3 is 0 Å². The maximum Gasteiger partial charge on any atom is 0.148 e. The van der Waals surface area contributed by atoms with Crippen LogP contribution in [-0.4, -0.2) is 26.6 Å². The Labute approximate surface area is 120 Å². The SMILES string of the molecule is CCn1nc(C)cc1CC(=O)CSC1CCCCC1. The Kier molecular flexibility index (Phi) is 5.49. The van der Waals surface area contributed by atoms with E-state index in [0.29, 0.717) is 18.0 Å². The number of Topliss-reactive ketones (excluding diaryl/α,β-unsaturated/α-hetero) is 1. The maximum atomic E-state index is 12.1. The third-order valence-corrected chi connectivity index (χ3v) is 5.13. The quantitative estimate of drug-likeness (QED) is 0.801. The van der Waals surface area contributed by atoms with Crippen molar-refractivity contribution in [3.05, 3.63) is 17.5 Å². The van der Waals surface area contributed by atoms with E-state index in [9.17, 15) is 4.79 Å². The van der Waals surface area contributed by atoms with Crippen molar-refractivity contribution >= 4 is 17.5 Å². The van der Waals surface area contributed by atoms with Crippen LogP contribution < -0.4 is 0 Å². The summed E-state index contributed by atoms with van der Waals surface area (Å²) in [6, 6.07) is 2.03. The number of nitrogens with zero attached hydrogens (tertiary/aromatic N) is 2. The zero-order chi connectivity index (χ0) is 13.7. The van der Waals surface area contributed by atoms with Gasteiger partial charge in [-0.2, -0.15) is 16.9 Å². The molecule has 1 aromatic rings. The highest BCUT2D eigenvalue weighted by Gasteiger charge is 2.16. The molecule has 106 valence electrons. The fourth-order valence-corrected chi connectivity index (χ4v) is 3.90. The second-order valence-electron chi connectivity index (χ2n) is 5.38. The van der Waals surface area contributed by atoms with Crippen LogP contribution in [0.5, 0.6) is 0 Å². The van der Waals surface area contributed by atoms with Crippen LogP contribution in [-0.2, 0) is 17.8 Å². The standard InChI is InChI=1S/C15H24N2OS/c1-3-17-13(9-12(2)16-17)10-14(18)11-19-15-7-5-4-6-8-15/h9,15H,3-8,10-11H2,1-2H3. The Hall–Kier alpha value is -0.770. The molecule has 0 aromatic carbocycles. The van der Waals surface area contributed by atoms with Gasteiger partial charge in [0.1, 0.15) is 5.78 Å². The summed E-state index contributed by atoms with van der Waals surface area (Å²) < 4.78 is 1.94. The van der Waals surface area contributed by atoms with Crippen LogP contribution >= 0.6 is 11.8 Å². The second-order valence-corrected chi connectivity index (χ2v) is 6.67. The summed E-state index contributed by atoms with van der Waals surface area (Å²) in [6.07, 6.45) is 7.18. The Morgan fingerprint density at radius 3 is 2.84 bits per heavy atom. The van der Waals surface area contributed by atoms with Crippen molar-refractivity contribution in [2.24, 2.45) is 0 Å². The summed E-state index contributed by atoms with van der Waals surface area (Å²) in [5.74, 6) is 1.00. The van der Waals surface area contributed by atoms with Crippen molar-refractivity contribution in [2.75, 3.05) is 5.75 Å². The number of thioether (sulfide) groups is 1. The predicted octanol–water partition coefficient (Wildman–Crippen LogP) is 3.39. The number of carbonyl (C=O) groups excluding carboxylic acids is 1. The third-order valence-electron chi connectivity index (χ3n) is 3.70. The van der Waals surface area contributed by atoms with E-state index in [1.165, 1.54) is 32.1 Å². The zero-order valence-electron chi connectivity index (χ0n) is 12.0. The van der Waals surface area contributed by atoms with Crippen LogP contribution in [0.15, 0.2) is 6.07 Å². The molecule has 0 unspecified atom stereocenters. The van der Waals surface area contributed by atoms with Gasteiger partial charge in [0.2, 0.25) is 0 Å². The van der Waals surface area contributed by atoms with Gasteiger partial charge in [0, 0.05) is 23.9 Å². The van der Waals surface area contributed by atoms with Crippen LogP contribution in [0.3, 0.4) is 0 Å². The smallest absolute Gasteiger partial charge is 0.148 e. The Bertz CT molecular complexity index is 422. The van der Waals surface area contributed by atoms with E-state index in [2.05, 4.69) is 12.0 Å². The number of ketones is 1. The van der Waals surface area contributed by atoms with Gasteiger partial charge in [-0.1, -0.05) is 19.3 Å². The number of hydrogen-bond donors (Lipinski definition) is 0. The highest BCUT2D eigenvalue weighted by molar-refractivity contribution is 8.00. The minimum Gasteiger partial charge on any atom is -0.298 e.